The van der Waals surface area contributed by atoms with Crippen LogP contribution in [0, 0.1) is 18.3 Å². The van der Waals surface area contributed by atoms with E-state index in [1.165, 1.54) is 0 Å². The zero-order chi connectivity index (χ0) is 13.3. The van der Waals surface area contributed by atoms with Crippen molar-refractivity contribution in [3.05, 3.63) is 17.5 Å². The summed E-state index contributed by atoms with van der Waals surface area (Å²) in [4.78, 5) is 11.7. The summed E-state index contributed by atoms with van der Waals surface area (Å²) in [5, 5.41) is 13.9. The lowest BCUT2D eigenvalue weighted by atomic mass is 9.67. The molecular formula is C14H22N2O2. The second-order valence-corrected chi connectivity index (χ2v) is 5.86. The monoisotopic (exact) mass is 250 g/mol. The fourth-order valence-electron chi connectivity index (χ4n) is 3.27. The molecule has 0 aromatic carbocycles. The number of carbonyl (C=O) groups is 1. The van der Waals surface area contributed by atoms with E-state index in [0.717, 1.165) is 37.1 Å². The van der Waals surface area contributed by atoms with Gasteiger partial charge in [0.05, 0.1) is 11.1 Å². The maximum atomic E-state index is 11.7. The van der Waals surface area contributed by atoms with Crippen LogP contribution in [0.15, 0.2) is 6.07 Å². The predicted octanol–water partition coefficient (Wildman–Crippen LogP) is 2.55. The predicted molar refractivity (Wildman–Crippen MR) is 69.3 cm³/mol. The van der Waals surface area contributed by atoms with Crippen LogP contribution < -0.4 is 0 Å². The molecule has 0 bridgehead atoms. The van der Waals surface area contributed by atoms with Gasteiger partial charge in [0.15, 0.2) is 0 Å². The fourth-order valence-corrected chi connectivity index (χ4v) is 3.27. The van der Waals surface area contributed by atoms with E-state index in [0.29, 0.717) is 12.3 Å². The summed E-state index contributed by atoms with van der Waals surface area (Å²) in [6.45, 7) is 4.10. The molecule has 4 heteroatoms. The number of carboxylic acid groups (broad SMARTS) is 1. The minimum absolute atomic E-state index is 0.504. The smallest absolute Gasteiger partial charge is 0.310 e. The van der Waals surface area contributed by atoms with Crippen molar-refractivity contribution in [3.8, 4) is 0 Å². The van der Waals surface area contributed by atoms with Gasteiger partial charge in [-0.1, -0.05) is 19.8 Å². The number of hydrogen-bond acceptors (Lipinski definition) is 2. The highest BCUT2D eigenvalue weighted by molar-refractivity contribution is 5.75. The van der Waals surface area contributed by atoms with Gasteiger partial charge < -0.3 is 5.11 Å². The van der Waals surface area contributed by atoms with E-state index in [2.05, 4.69) is 12.0 Å². The highest BCUT2D eigenvalue weighted by Crippen LogP contribution is 2.42. The van der Waals surface area contributed by atoms with E-state index in [9.17, 15) is 9.90 Å². The number of carboxylic acids is 1. The molecule has 0 aliphatic heterocycles. The molecule has 1 aliphatic carbocycles. The van der Waals surface area contributed by atoms with Crippen molar-refractivity contribution in [2.24, 2.45) is 18.4 Å². The highest BCUT2D eigenvalue weighted by atomic mass is 16.4. The Morgan fingerprint density at radius 3 is 2.89 bits per heavy atom. The SMILES string of the molecule is Cc1cc(CC2(C(=O)O)CCCC(C)C2)n(C)n1. The summed E-state index contributed by atoms with van der Waals surface area (Å²) in [5.74, 6) is -0.142. The average Bonchev–Trinajstić information content (AvgIpc) is 2.57. The van der Waals surface area contributed by atoms with Crippen LogP contribution in [0.5, 0.6) is 0 Å². The van der Waals surface area contributed by atoms with Crippen LogP contribution in [0.3, 0.4) is 0 Å². The summed E-state index contributed by atoms with van der Waals surface area (Å²) in [6.07, 6.45) is 4.34. The third-order valence-electron chi connectivity index (χ3n) is 4.16. The summed E-state index contributed by atoms with van der Waals surface area (Å²) in [7, 11) is 1.89. The summed E-state index contributed by atoms with van der Waals surface area (Å²) >= 11 is 0. The molecular weight excluding hydrogens is 228 g/mol. The van der Waals surface area contributed by atoms with Gasteiger partial charge in [-0.15, -0.1) is 0 Å². The number of rotatable bonds is 3. The molecule has 0 saturated heterocycles. The zero-order valence-electron chi connectivity index (χ0n) is 11.4. The van der Waals surface area contributed by atoms with Gasteiger partial charge in [-0.2, -0.15) is 5.10 Å². The Kier molecular flexibility index (Phi) is 3.46. The van der Waals surface area contributed by atoms with Gasteiger partial charge in [-0.05, 0) is 31.7 Å². The van der Waals surface area contributed by atoms with Gasteiger partial charge in [-0.25, -0.2) is 0 Å². The molecule has 100 valence electrons. The van der Waals surface area contributed by atoms with E-state index in [1.54, 1.807) is 0 Å². The lowest BCUT2D eigenvalue weighted by Gasteiger charge is -2.36. The first-order valence-electron chi connectivity index (χ1n) is 6.66. The van der Waals surface area contributed by atoms with Crippen molar-refractivity contribution in [3.63, 3.8) is 0 Å². The van der Waals surface area contributed by atoms with Crippen LogP contribution in [0.1, 0.15) is 44.0 Å². The van der Waals surface area contributed by atoms with Crippen LogP contribution in [0.25, 0.3) is 0 Å². The number of aryl methyl sites for hydroxylation is 2. The molecule has 4 nitrogen and oxygen atoms in total. The molecule has 2 rings (SSSR count). The van der Waals surface area contributed by atoms with Crippen LogP contribution >= 0.6 is 0 Å². The first-order chi connectivity index (χ1) is 8.43. The molecule has 1 fully saturated rings. The number of hydrogen-bond donors (Lipinski definition) is 1. The Bertz CT molecular complexity index is 453. The van der Waals surface area contributed by atoms with Gasteiger partial charge in [-0.3, -0.25) is 9.48 Å². The number of aliphatic carboxylic acids is 1. The lowest BCUT2D eigenvalue weighted by Crippen LogP contribution is -2.38. The van der Waals surface area contributed by atoms with E-state index in [-0.39, 0.29) is 0 Å². The molecule has 1 heterocycles. The molecule has 0 radical (unpaired) electrons. The van der Waals surface area contributed by atoms with Crippen molar-refractivity contribution >= 4 is 5.97 Å². The molecule has 1 aromatic heterocycles. The van der Waals surface area contributed by atoms with E-state index in [4.69, 9.17) is 0 Å². The third-order valence-corrected chi connectivity index (χ3v) is 4.16. The summed E-state index contributed by atoms with van der Waals surface area (Å²) < 4.78 is 1.82. The minimum atomic E-state index is -0.645. The van der Waals surface area contributed by atoms with Crippen LogP contribution in [0.2, 0.25) is 0 Å². The van der Waals surface area contributed by atoms with E-state index in [1.807, 2.05) is 24.7 Å². The maximum Gasteiger partial charge on any atom is 0.310 e. The molecule has 1 N–H and O–H groups in total. The standard InChI is InChI=1S/C14H22N2O2/c1-10-5-4-6-14(8-10,13(17)18)9-12-7-11(2)15-16(12)3/h7,10H,4-6,8-9H2,1-3H3,(H,17,18). The normalized spacial score (nSPS) is 28.3. The molecule has 1 saturated carbocycles. The Labute approximate surface area is 108 Å². The van der Waals surface area contributed by atoms with E-state index < -0.39 is 11.4 Å². The van der Waals surface area contributed by atoms with Gasteiger partial charge in [0.2, 0.25) is 0 Å². The molecule has 2 atom stereocenters. The second kappa shape index (κ2) is 4.75. The zero-order valence-corrected chi connectivity index (χ0v) is 11.4. The van der Waals surface area contributed by atoms with Crippen LogP contribution in [-0.4, -0.2) is 20.9 Å². The Morgan fingerprint density at radius 2 is 2.39 bits per heavy atom. The number of nitrogens with zero attached hydrogens (tertiary/aromatic N) is 2. The van der Waals surface area contributed by atoms with Crippen molar-refractivity contribution in [2.45, 2.75) is 46.0 Å². The first-order valence-corrected chi connectivity index (χ1v) is 6.66. The van der Waals surface area contributed by atoms with Crippen molar-refractivity contribution in [1.29, 1.82) is 0 Å². The lowest BCUT2D eigenvalue weighted by molar-refractivity contribution is -0.152. The van der Waals surface area contributed by atoms with Crippen molar-refractivity contribution < 1.29 is 9.90 Å². The Morgan fingerprint density at radius 1 is 1.67 bits per heavy atom. The third kappa shape index (κ3) is 2.42. The first kappa shape index (κ1) is 13.1. The average molecular weight is 250 g/mol. The van der Waals surface area contributed by atoms with Gasteiger partial charge >= 0.3 is 5.97 Å². The molecule has 1 aromatic rings. The largest absolute Gasteiger partial charge is 0.481 e. The Hall–Kier alpha value is -1.32. The quantitative estimate of drug-likeness (QED) is 0.897. The molecule has 0 amide bonds. The maximum absolute atomic E-state index is 11.7. The molecule has 18 heavy (non-hydrogen) atoms. The second-order valence-electron chi connectivity index (χ2n) is 5.86. The number of aromatic nitrogens is 2. The molecule has 0 spiro atoms. The van der Waals surface area contributed by atoms with Crippen LogP contribution in [0.4, 0.5) is 0 Å². The van der Waals surface area contributed by atoms with Gasteiger partial charge in [0, 0.05) is 19.2 Å². The molecule has 1 aliphatic rings. The van der Waals surface area contributed by atoms with E-state index >= 15 is 0 Å². The Balaban J connectivity index is 2.26. The fraction of sp³-hybridized carbons (Fsp3) is 0.714. The highest BCUT2D eigenvalue weighted by Gasteiger charge is 2.42. The van der Waals surface area contributed by atoms with Crippen molar-refractivity contribution in [2.75, 3.05) is 0 Å². The van der Waals surface area contributed by atoms with Crippen LogP contribution in [-0.2, 0) is 18.3 Å². The molecule has 2 unspecified atom stereocenters. The summed E-state index contributed by atoms with van der Waals surface area (Å²) in [5.41, 5.74) is 1.40. The van der Waals surface area contributed by atoms with Gasteiger partial charge in [0.1, 0.15) is 0 Å². The van der Waals surface area contributed by atoms with Crippen molar-refractivity contribution in [1.82, 2.24) is 9.78 Å². The topological polar surface area (TPSA) is 55.1 Å². The van der Waals surface area contributed by atoms with Gasteiger partial charge in [0.25, 0.3) is 0 Å². The summed E-state index contributed by atoms with van der Waals surface area (Å²) in [6, 6.07) is 2.00. The minimum Gasteiger partial charge on any atom is -0.481 e.